The van der Waals surface area contributed by atoms with Gasteiger partial charge in [0.2, 0.25) is 5.95 Å². The molecule has 1 aliphatic rings. The highest BCUT2D eigenvalue weighted by Crippen LogP contribution is 2.34. The predicted octanol–water partition coefficient (Wildman–Crippen LogP) is 4.92. The summed E-state index contributed by atoms with van der Waals surface area (Å²) in [5, 5.41) is 6.59. The van der Waals surface area contributed by atoms with E-state index in [9.17, 15) is 17.6 Å². The molecule has 0 bridgehead atoms. The third kappa shape index (κ3) is 7.45. The van der Waals surface area contributed by atoms with Crippen molar-refractivity contribution in [3.8, 4) is 0 Å². The number of carbonyl (C=O) groups excluding carboxylic acids is 1. The maximum atomic E-state index is 14.6. The molecule has 0 aromatic carbocycles. The summed E-state index contributed by atoms with van der Waals surface area (Å²) < 4.78 is 42.8. The zero-order chi connectivity index (χ0) is 30.1. The van der Waals surface area contributed by atoms with E-state index < -0.39 is 38.4 Å². The number of halogens is 1. The van der Waals surface area contributed by atoms with Crippen LogP contribution in [0.3, 0.4) is 0 Å². The van der Waals surface area contributed by atoms with Crippen molar-refractivity contribution in [2.45, 2.75) is 82.3 Å². The summed E-state index contributed by atoms with van der Waals surface area (Å²) in [6, 6.07) is 12.9. The quantitative estimate of drug-likeness (QED) is 0.304. The number of nitrogens with zero attached hydrogens (tertiary/aromatic N) is 3. The van der Waals surface area contributed by atoms with Crippen LogP contribution in [0.15, 0.2) is 59.8 Å². The lowest BCUT2D eigenvalue weighted by molar-refractivity contribution is 0.0976. The summed E-state index contributed by atoms with van der Waals surface area (Å²) in [4.78, 5) is 25.5. The van der Waals surface area contributed by atoms with E-state index in [1.165, 1.54) is 24.3 Å². The molecule has 1 saturated heterocycles. The Morgan fingerprint density at radius 3 is 2.41 bits per heavy atom. The van der Waals surface area contributed by atoms with Crippen molar-refractivity contribution >= 4 is 21.7 Å². The third-order valence-electron chi connectivity index (χ3n) is 7.44. The van der Waals surface area contributed by atoms with Gasteiger partial charge in [-0.15, -0.1) is 0 Å². The van der Waals surface area contributed by atoms with Gasteiger partial charge in [0.05, 0.1) is 16.8 Å². The molecule has 0 spiro atoms. The molecule has 9 nitrogen and oxygen atoms in total. The van der Waals surface area contributed by atoms with Crippen molar-refractivity contribution in [3.63, 3.8) is 0 Å². The largest absolute Gasteiger partial charge is 0.359 e. The Bertz CT molecular complexity index is 1510. The first-order valence-corrected chi connectivity index (χ1v) is 15.2. The Kier molecular flexibility index (Phi) is 8.52. The zero-order valence-electron chi connectivity index (χ0n) is 24.5. The third-order valence-corrected chi connectivity index (χ3v) is 8.67. The monoisotopic (exact) mass is 582 g/mol. The number of pyridine rings is 3. The number of sulfonamides is 1. The van der Waals surface area contributed by atoms with Crippen LogP contribution >= 0.6 is 0 Å². The minimum absolute atomic E-state index is 0.0990. The molecule has 0 aliphatic carbocycles. The first-order valence-electron chi connectivity index (χ1n) is 13.7. The van der Waals surface area contributed by atoms with Gasteiger partial charge in [-0.2, -0.15) is 12.8 Å². The molecule has 3 N–H and O–H groups in total. The Balaban J connectivity index is 1.54. The van der Waals surface area contributed by atoms with Crippen molar-refractivity contribution in [3.05, 3.63) is 77.6 Å². The van der Waals surface area contributed by atoms with Crippen molar-refractivity contribution < 1.29 is 17.6 Å². The highest BCUT2D eigenvalue weighted by Gasteiger charge is 2.34. The Morgan fingerprint density at radius 2 is 1.80 bits per heavy atom. The van der Waals surface area contributed by atoms with Gasteiger partial charge in [-0.05, 0) is 88.9 Å². The first-order chi connectivity index (χ1) is 19.1. The van der Waals surface area contributed by atoms with Gasteiger partial charge < -0.3 is 10.6 Å². The normalized spacial score (nSPS) is 18.5. The lowest BCUT2D eigenvalue weighted by Gasteiger charge is -2.32. The fourth-order valence-corrected chi connectivity index (χ4v) is 6.03. The topological polar surface area (TPSA) is 126 Å². The molecule has 3 aromatic rings. The van der Waals surface area contributed by atoms with E-state index in [1.807, 2.05) is 50.6 Å². The minimum Gasteiger partial charge on any atom is -0.359 e. The summed E-state index contributed by atoms with van der Waals surface area (Å²) in [7, 11) is -4.41. The molecule has 4 heterocycles. The lowest BCUT2D eigenvalue weighted by atomic mass is 9.85. The second-order valence-corrected chi connectivity index (χ2v) is 14.3. The number of carbonyl (C=O) groups is 1. The Hall–Kier alpha value is -3.44. The standard InChI is InChI=1S/C30H39FN6O3S/c1-28(2,3)22-14-13-21(26(31)34-22)27(38)37-41(39,40)25-12-9-11-24(35-25)36-30(6,23-10-7-8-17-32-23)16-15-20-18-29(4,5)33-19-20/h7-14,17,20,33H,15-16,18-19H2,1-6H3,(H,35,36)(H,37,38)/t20-,30?/m0/s1. The van der Waals surface area contributed by atoms with Gasteiger partial charge in [-0.1, -0.05) is 32.9 Å². The molecule has 0 saturated carbocycles. The Labute approximate surface area is 241 Å². The highest BCUT2D eigenvalue weighted by molar-refractivity contribution is 7.90. The van der Waals surface area contributed by atoms with Crippen LogP contribution < -0.4 is 15.4 Å². The Morgan fingerprint density at radius 1 is 1.05 bits per heavy atom. The minimum atomic E-state index is -4.41. The number of aromatic nitrogens is 3. The van der Waals surface area contributed by atoms with Crippen LogP contribution in [0.5, 0.6) is 0 Å². The molecule has 0 radical (unpaired) electrons. The second kappa shape index (κ2) is 11.4. The van der Waals surface area contributed by atoms with E-state index >= 15 is 0 Å². The molecule has 1 aliphatic heterocycles. The average Bonchev–Trinajstić information content (AvgIpc) is 3.26. The van der Waals surface area contributed by atoms with Crippen molar-refractivity contribution in [2.75, 3.05) is 11.9 Å². The predicted molar refractivity (Wildman–Crippen MR) is 156 cm³/mol. The van der Waals surface area contributed by atoms with Crippen molar-refractivity contribution in [1.82, 2.24) is 25.0 Å². The van der Waals surface area contributed by atoms with Crippen LogP contribution in [0.4, 0.5) is 10.2 Å². The average molecular weight is 583 g/mol. The maximum Gasteiger partial charge on any atom is 0.281 e. The lowest BCUT2D eigenvalue weighted by Crippen LogP contribution is -2.35. The van der Waals surface area contributed by atoms with Crippen molar-refractivity contribution in [2.24, 2.45) is 5.92 Å². The van der Waals surface area contributed by atoms with Crippen LogP contribution in [0.2, 0.25) is 0 Å². The van der Waals surface area contributed by atoms with Crippen molar-refractivity contribution in [1.29, 1.82) is 0 Å². The van der Waals surface area contributed by atoms with Gasteiger partial charge in [0, 0.05) is 22.8 Å². The fourth-order valence-electron chi connectivity index (χ4n) is 5.09. The van der Waals surface area contributed by atoms with Gasteiger partial charge >= 0.3 is 0 Å². The molecule has 41 heavy (non-hydrogen) atoms. The molecule has 11 heteroatoms. The van der Waals surface area contributed by atoms with Gasteiger partial charge in [-0.25, -0.2) is 14.7 Å². The molecule has 2 atom stereocenters. The number of amides is 1. The molecule has 220 valence electrons. The molecule has 1 amide bonds. The fraction of sp³-hybridized carbons (Fsp3) is 0.467. The summed E-state index contributed by atoms with van der Waals surface area (Å²) in [5.74, 6) is -1.36. The number of rotatable bonds is 9. The van der Waals surface area contributed by atoms with E-state index in [-0.39, 0.29) is 10.6 Å². The molecule has 3 aromatic heterocycles. The molecule has 1 unspecified atom stereocenters. The van der Waals surface area contributed by atoms with Crippen LogP contribution in [0.25, 0.3) is 0 Å². The number of nitrogens with one attached hydrogen (secondary N) is 3. The SMILES string of the molecule is CC1(C)C[C@H](CCC(C)(Nc2cccc(S(=O)(=O)NC(=O)c3ccc(C(C)(C)C)nc3F)n2)c2ccccn2)CN1. The second-order valence-electron chi connectivity index (χ2n) is 12.6. The summed E-state index contributed by atoms with van der Waals surface area (Å²) in [5.41, 5.74) is -0.205. The van der Waals surface area contributed by atoms with Crippen LogP contribution in [0.1, 0.15) is 82.6 Å². The van der Waals surface area contributed by atoms with Gasteiger partial charge in [0.25, 0.3) is 15.9 Å². The van der Waals surface area contributed by atoms with Gasteiger partial charge in [0.15, 0.2) is 5.03 Å². The smallest absolute Gasteiger partial charge is 0.281 e. The molecule has 4 rings (SSSR count). The summed E-state index contributed by atoms with van der Waals surface area (Å²) >= 11 is 0. The van der Waals surface area contributed by atoms with E-state index in [0.29, 0.717) is 17.4 Å². The number of hydrogen-bond donors (Lipinski definition) is 3. The molecular formula is C30H39FN6O3S. The summed E-state index contributed by atoms with van der Waals surface area (Å²) in [6.07, 6.45) is 4.45. The van der Waals surface area contributed by atoms with Crippen LogP contribution in [-0.4, -0.2) is 41.4 Å². The zero-order valence-corrected chi connectivity index (χ0v) is 25.3. The van der Waals surface area contributed by atoms with E-state index in [2.05, 4.69) is 39.4 Å². The molecular weight excluding hydrogens is 543 g/mol. The number of hydrogen-bond acceptors (Lipinski definition) is 8. The van der Waals surface area contributed by atoms with Crippen LogP contribution in [0, 0.1) is 11.9 Å². The maximum absolute atomic E-state index is 14.6. The highest BCUT2D eigenvalue weighted by atomic mass is 32.2. The number of anilines is 1. The van der Waals surface area contributed by atoms with Gasteiger partial charge in [-0.3, -0.25) is 9.78 Å². The first kappa shape index (κ1) is 30.5. The van der Waals surface area contributed by atoms with E-state index in [4.69, 9.17) is 0 Å². The van der Waals surface area contributed by atoms with E-state index in [0.717, 1.165) is 31.5 Å². The molecule has 1 fully saturated rings. The van der Waals surface area contributed by atoms with E-state index in [1.54, 1.807) is 12.3 Å². The van der Waals surface area contributed by atoms with Crippen LogP contribution in [-0.2, 0) is 21.0 Å². The summed E-state index contributed by atoms with van der Waals surface area (Å²) in [6.45, 7) is 12.9. The van der Waals surface area contributed by atoms with Gasteiger partial charge in [0.1, 0.15) is 5.82 Å².